The normalized spacial score (nSPS) is 18.3. The Morgan fingerprint density at radius 2 is 2.07 bits per heavy atom. The molecule has 150 valence electrons. The van der Waals surface area contributed by atoms with Crippen LogP contribution >= 0.6 is 11.3 Å². The van der Waals surface area contributed by atoms with E-state index in [9.17, 15) is 9.59 Å². The number of amides is 2. The van der Waals surface area contributed by atoms with Crippen LogP contribution in [0, 0.1) is 5.92 Å². The molecule has 2 aromatic rings. The van der Waals surface area contributed by atoms with Crippen LogP contribution in [0.4, 0.5) is 0 Å². The highest BCUT2D eigenvalue weighted by molar-refractivity contribution is 7.17. The number of nitrogens with zero attached hydrogens (tertiary/aromatic N) is 2. The van der Waals surface area contributed by atoms with E-state index in [1.807, 2.05) is 28.0 Å². The molecule has 6 heteroatoms. The molecule has 1 aliphatic carbocycles. The van der Waals surface area contributed by atoms with E-state index >= 15 is 0 Å². The molecular formula is C22H29N3O2S. The van der Waals surface area contributed by atoms with E-state index in [0.29, 0.717) is 13.1 Å². The van der Waals surface area contributed by atoms with Crippen LogP contribution in [0.15, 0.2) is 29.2 Å². The molecular weight excluding hydrogens is 370 g/mol. The predicted molar refractivity (Wildman–Crippen MR) is 114 cm³/mol. The summed E-state index contributed by atoms with van der Waals surface area (Å²) >= 11 is 1.66. The lowest BCUT2D eigenvalue weighted by Gasteiger charge is -2.31. The number of hydrogen-bond acceptors (Lipinski definition) is 3. The molecule has 4 rings (SSSR count). The first-order chi connectivity index (χ1) is 13.6. The monoisotopic (exact) mass is 399 g/mol. The van der Waals surface area contributed by atoms with Gasteiger partial charge in [0.1, 0.15) is 5.69 Å². The summed E-state index contributed by atoms with van der Waals surface area (Å²) in [6.45, 7) is 2.05. The minimum atomic E-state index is 0.0290. The molecule has 2 amide bonds. The van der Waals surface area contributed by atoms with Crippen molar-refractivity contribution in [1.82, 2.24) is 14.8 Å². The van der Waals surface area contributed by atoms with Gasteiger partial charge in [-0.25, -0.2) is 0 Å². The molecule has 5 nitrogen and oxygen atoms in total. The van der Waals surface area contributed by atoms with Crippen molar-refractivity contribution in [2.45, 2.75) is 44.9 Å². The first-order valence-electron chi connectivity index (χ1n) is 10.4. The van der Waals surface area contributed by atoms with Gasteiger partial charge in [-0.1, -0.05) is 11.6 Å². The van der Waals surface area contributed by atoms with Crippen LogP contribution in [-0.2, 0) is 11.8 Å². The third-order valence-corrected chi connectivity index (χ3v) is 7.02. The Morgan fingerprint density at radius 1 is 1.25 bits per heavy atom. The number of allylic oxidation sites excluding steroid dienone is 1. The van der Waals surface area contributed by atoms with Gasteiger partial charge in [-0.05, 0) is 62.5 Å². The van der Waals surface area contributed by atoms with Crippen molar-refractivity contribution >= 4 is 33.4 Å². The number of carbonyl (C=O) groups excluding carboxylic acids is 2. The number of rotatable bonds is 5. The number of aryl methyl sites for hydroxylation is 1. The molecule has 0 atom stereocenters. The number of nitrogens with one attached hydrogen (secondary N) is 1. The number of thiophene rings is 1. The van der Waals surface area contributed by atoms with Gasteiger partial charge in [0.15, 0.2) is 0 Å². The van der Waals surface area contributed by atoms with E-state index in [-0.39, 0.29) is 17.7 Å². The SMILES string of the molecule is Cn1c(C(=O)N2CCC(C(=O)NCCC3=CCCCC3)CC2)cc2sccc21. The third-order valence-electron chi connectivity index (χ3n) is 6.17. The number of hydrogen-bond donors (Lipinski definition) is 1. The largest absolute Gasteiger partial charge is 0.356 e. The summed E-state index contributed by atoms with van der Waals surface area (Å²) in [5.41, 5.74) is 3.34. The van der Waals surface area contributed by atoms with Gasteiger partial charge >= 0.3 is 0 Å². The summed E-state index contributed by atoms with van der Waals surface area (Å²) in [6, 6.07) is 4.04. The molecule has 0 bridgehead atoms. The van der Waals surface area contributed by atoms with Gasteiger partial charge in [0.05, 0.1) is 10.2 Å². The average Bonchev–Trinajstić information content (AvgIpc) is 3.31. The topological polar surface area (TPSA) is 54.3 Å². The number of aromatic nitrogens is 1. The molecule has 1 N–H and O–H groups in total. The van der Waals surface area contributed by atoms with Crippen LogP contribution in [0.1, 0.15) is 55.4 Å². The zero-order chi connectivity index (χ0) is 19.5. The molecule has 2 aliphatic rings. The smallest absolute Gasteiger partial charge is 0.270 e. The molecule has 28 heavy (non-hydrogen) atoms. The molecule has 0 spiro atoms. The van der Waals surface area contributed by atoms with Crippen molar-refractivity contribution in [3.8, 4) is 0 Å². The summed E-state index contributed by atoms with van der Waals surface area (Å²) in [5, 5.41) is 5.16. The van der Waals surface area contributed by atoms with Gasteiger partial charge in [-0.2, -0.15) is 0 Å². The summed E-state index contributed by atoms with van der Waals surface area (Å²) in [5.74, 6) is 0.262. The third kappa shape index (κ3) is 4.02. The van der Waals surface area contributed by atoms with Gasteiger partial charge in [0.2, 0.25) is 5.91 Å². The molecule has 1 aliphatic heterocycles. The Kier molecular flexibility index (Phi) is 5.85. The van der Waals surface area contributed by atoms with Crippen LogP contribution in [0.2, 0.25) is 0 Å². The van der Waals surface area contributed by atoms with Crippen LogP contribution in [0.5, 0.6) is 0 Å². The highest BCUT2D eigenvalue weighted by Gasteiger charge is 2.29. The van der Waals surface area contributed by atoms with E-state index in [2.05, 4.69) is 17.5 Å². The van der Waals surface area contributed by atoms with Crippen LogP contribution in [0.3, 0.4) is 0 Å². The minimum Gasteiger partial charge on any atom is -0.356 e. The summed E-state index contributed by atoms with van der Waals surface area (Å²) in [7, 11) is 1.95. The second-order valence-corrected chi connectivity index (χ2v) is 8.92. The Hall–Kier alpha value is -2.08. The molecule has 0 aromatic carbocycles. The van der Waals surface area contributed by atoms with Gasteiger partial charge in [-0.15, -0.1) is 11.3 Å². The maximum atomic E-state index is 12.9. The zero-order valence-corrected chi connectivity index (χ0v) is 17.4. The Balaban J connectivity index is 1.26. The fraction of sp³-hybridized carbons (Fsp3) is 0.545. The molecule has 1 fully saturated rings. The number of piperidine rings is 1. The van der Waals surface area contributed by atoms with Gasteiger partial charge in [-0.3, -0.25) is 9.59 Å². The number of fused-ring (bicyclic) bond motifs is 1. The predicted octanol–water partition coefficient (Wildman–Crippen LogP) is 4.10. The molecule has 0 saturated carbocycles. The maximum Gasteiger partial charge on any atom is 0.270 e. The van der Waals surface area contributed by atoms with E-state index in [4.69, 9.17) is 0 Å². The summed E-state index contributed by atoms with van der Waals surface area (Å²) in [6.07, 6.45) is 9.78. The van der Waals surface area contributed by atoms with E-state index in [1.54, 1.807) is 11.3 Å². The molecule has 0 unspecified atom stereocenters. The fourth-order valence-corrected chi connectivity index (χ4v) is 5.23. The molecule has 2 aromatic heterocycles. The van der Waals surface area contributed by atoms with Gasteiger partial charge in [0.25, 0.3) is 5.91 Å². The number of likely N-dealkylation sites (tertiary alicyclic amines) is 1. The van der Waals surface area contributed by atoms with Crippen molar-refractivity contribution in [2.75, 3.05) is 19.6 Å². The minimum absolute atomic E-state index is 0.0290. The Morgan fingerprint density at radius 3 is 2.79 bits per heavy atom. The first-order valence-corrected chi connectivity index (χ1v) is 11.3. The Labute approximate surface area is 170 Å². The van der Waals surface area contributed by atoms with Crippen molar-refractivity contribution < 1.29 is 9.59 Å². The van der Waals surface area contributed by atoms with Crippen molar-refractivity contribution in [3.05, 3.63) is 34.9 Å². The Bertz CT molecular complexity index is 887. The lowest BCUT2D eigenvalue weighted by molar-refractivity contribution is -0.126. The van der Waals surface area contributed by atoms with Crippen molar-refractivity contribution in [1.29, 1.82) is 0 Å². The van der Waals surface area contributed by atoms with Gasteiger partial charge < -0.3 is 14.8 Å². The van der Waals surface area contributed by atoms with E-state index in [1.165, 1.54) is 31.3 Å². The lowest BCUT2D eigenvalue weighted by atomic mass is 9.95. The van der Waals surface area contributed by atoms with Crippen LogP contribution < -0.4 is 5.32 Å². The van der Waals surface area contributed by atoms with Crippen LogP contribution in [0.25, 0.3) is 10.2 Å². The second-order valence-electron chi connectivity index (χ2n) is 7.97. The highest BCUT2D eigenvalue weighted by atomic mass is 32.1. The average molecular weight is 400 g/mol. The first kappa shape index (κ1) is 19.2. The van der Waals surface area contributed by atoms with Gasteiger partial charge in [0, 0.05) is 32.6 Å². The summed E-state index contributed by atoms with van der Waals surface area (Å²) in [4.78, 5) is 27.3. The van der Waals surface area contributed by atoms with Crippen molar-refractivity contribution in [2.24, 2.45) is 13.0 Å². The molecule has 1 saturated heterocycles. The van der Waals surface area contributed by atoms with E-state index in [0.717, 1.165) is 41.7 Å². The fourth-order valence-electron chi connectivity index (χ4n) is 4.38. The second kappa shape index (κ2) is 8.52. The molecule has 3 heterocycles. The van der Waals surface area contributed by atoms with E-state index < -0.39 is 0 Å². The highest BCUT2D eigenvalue weighted by Crippen LogP contribution is 2.26. The van der Waals surface area contributed by atoms with Crippen LogP contribution in [-0.4, -0.2) is 40.9 Å². The zero-order valence-electron chi connectivity index (χ0n) is 16.6. The maximum absolute atomic E-state index is 12.9. The summed E-state index contributed by atoms with van der Waals surface area (Å²) < 4.78 is 3.13. The standard InChI is InChI=1S/C22H29N3O2S/c1-24-18-10-14-28-20(18)15-19(24)22(27)25-12-8-17(9-13-25)21(26)23-11-7-16-5-3-2-4-6-16/h5,10,14-15,17H,2-4,6-9,11-13H2,1H3,(H,23,26). The lowest BCUT2D eigenvalue weighted by Crippen LogP contribution is -2.43. The molecule has 0 radical (unpaired) electrons. The quantitative estimate of drug-likeness (QED) is 0.770. The van der Waals surface area contributed by atoms with Crippen molar-refractivity contribution in [3.63, 3.8) is 0 Å². The number of carbonyl (C=O) groups is 2.